The number of benzene rings is 3. The minimum Gasteiger partial charge on any atom is -0.494 e. The van der Waals surface area contributed by atoms with E-state index in [9.17, 15) is 18.0 Å². The summed E-state index contributed by atoms with van der Waals surface area (Å²) in [5.74, 6) is -0.279. The van der Waals surface area contributed by atoms with Gasteiger partial charge in [0.2, 0.25) is 11.8 Å². The maximum absolute atomic E-state index is 14.1. The summed E-state index contributed by atoms with van der Waals surface area (Å²) < 4.78 is 35.2. The van der Waals surface area contributed by atoms with E-state index >= 15 is 0 Å². The fraction of sp³-hybridized carbons (Fsp3) is 0.333. The van der Waals surface area contributed by atoms with E-state index in [2.05, 4.69) is 21.2 Å². The summed E-state index contributed by atoms with van der Waals surface area (Å²) in [6.45, 7) is 6.01. The number of hydrogen-bond donors (Lipinski definition) is 1. The molecule has 0 bridgehead atoms. The van der Waals surface area contributed by atoms with Crippen LogP contribution in [0.1, 0.15) is 39.2 Å². The molecule has 2 amide bonds. The third-order valence-corrected chi connectivity index (χ3v) is 9.04. The molecule has 0 unspecified atom stereocenters. The fourth-order valence-corrected chi connectivity index (χ4v) is 6.11. The second-order valence-corrected chi connectivity index (χ2v) is 12.4. The Morgan fingerprint density at radius 2 is 1.63 bits per heavy atom. The molecule has 220 valence electrons. The molecule has 0 saturated carbocycles. The summed E-state index contributed by atoms with van der Waals surface area (Å²) in [6.07, 6.45) is 1.06. The summed E-state index contributed by atoms with van der Waals surface area (Å²) >= 11 is 9.77. The number of hydrogen-bond acceptors (Lipinski definition) is 5. The highest BCUT2D eigenvalue weighted by molar-refractivity contribution is 9.10. The number of nitrogens with zero attached hydrogens (tertiary/aromatic N) is 2. The van der Waals surface area contributed by atoms with Crippen molar-refractivity contribution in [2.45, 2.75) is 51.1 Å². The van der Waals surface area contributed by atoms with Crippen LogP contribution >= 0.6 is 27.5 Å². The molecule has 1 atom stereocenters. The molecular weight excluding hydrogens is 630 g/mol. The van der Waals surface area contributed by atoms with Gasteiger partial charge in [-0.1, -0.05) is 59.6 Å². The molecule has 0 aliphatic heterocycles. The third kappa shape index (κ3) is 8.47. The van der Waals surface area contributed by atoms with E-state index in [1.165, 1.54) is 17.0 Å². The minimum absolute atomic E-state index is 0.0211. The number of carbonyl (C=O) groups is 2. The molecule has 1 N–H and O–H groups in total. The van der Waals surface area contributed by atoms with Crippen molar-refractivity contribution in [3.8, 4) is 5.75 Å². The molecule has 3 aromatic rings. The molecule has 0 aliphatic rings. The normalized spacial score (nSPS) is 11.9. The Morgan fingerprint density at radius 3 is 2.22 bits per heavy atom. The molecule has 3 rings (SSSR count). The predicted molar refractivity (Wildman–Crippen MR) is 166 cm³/mol. The van der Waals surface area contributed by atoms with Crippen LogP contribution in [-0.4, -0.2) is 50.9 Å². The van der Waals surface area contributed by atoms with Crippen molar-refractivity contribution in [1.29, 1.82) is 0 Å². The number of nitrogens with one attached hydrogen (secondary N) is 1. The zero-order valence-electron chi connectivity index (χ0n) is 23.3. The molecule has 0 heterocycles. The molecule has 3 aromatic carbocycles. The summed E-state index contributed by atoms with van der Waals surface area (Å²) in [5.41, 5.74) is 0.929. The van der Waals surface area contributed by atoms with Crippen LogP contribution in [0.4, 0.5) is 5.69 Å². The SMILES string of the molecule is CCCNC(=O)[C@@H](CC)N(Cc1ccccc1Cl)C(=O)CN(c1ccc(OCC)cc1)S(=O)(=O)c1ccc(Br)cc1. The molecule has 0 aliphatic carbocycles. The standard InChI is InChI=1S/C30H35BrClN3O5S/c1-4-19-33-30(37)28(5-2)34(20-22-9-7-8-10-27(22)32)29(36)21-35(24-13-15-25(16-14-24)40-6-3)41(38,39)26-17-11-23(31)12-18-26/h7-18,28H,4-6,19-21H2,1-3H3,(H,33,37)/t28-/m1/s1. The van der Waals surface area contributed by atoms with Gasteiger partial charge in [-0.05, 0) is 79.9 Å². The number of anilines is 1. The number of amides is 2. The summed E-state index contributed by atoms with van der Waals surface area (Å²) in [7, 11) is -4.17. The molecule has 41 heavy (non-hydrogen) atoms. The monoisotopic (exact) mass is 663 g/mol. The van der Waals surface area contributed by atoms with Gasteiger partial charge in [-0.15, -0.1) is 0 Å². The molecule has 0 aromatic heterocycles. The van der Waals surface area contributed by atoms with Crippen molar-refractivity contribution in [1.82, 2.24) is 10.2 Å². The Balaban J connectivity index is 2.06. The zero-order valence-corrected chi connectivity index (χ0v) is 26.5. The van der Waals surface area contributed by atoms with Gasteiger partial charge in [0.25, 0.3) is 10.0 Å². The fourth-order valence-electron chi connectivity index (χ4n) is 4.23. The first-order valence-electron chi connectivity index (χ1n) is 13.4. The Labute approximate surface area is 255 Å². The van der Waals surface area contributed by atoms with Crippen LogP contribution in [0.5, 0.6) is 5.75 Å². The van der Waals surface area contributed by atoms with Gasteiger partial charge in [-0.25, -0.2) is 8.42 Å². The van der Waals surface area contributed by atoms with Crippen LogP contribution in [0.15, 0.2) is 82.2 Å². The minimum atomic E-state index is -4.17. The molecule has 8 nitrogen and oxygen atoms in total. The van der Waals surface area contributed by atoms with Crippen molar-refractivity contribution in [2.75, 3.05) is 24.0 Å². The number of sulfonamides is 1. The van der Waals surface area contributed by atoms with Crippen molar-refractivity contribution >= 4 is 55.1 Å². The number of halogens is 2. The van der Waals surface area contributed by atoms with Gasteiger partial charge in [0.1, 0.15) is 18.3 Å². The topological polar surface area (TPSA) is 96.0 Å². The van der Waals surface area contributed by atoms with Crippen LogP contribution in [0.2, 0.25) is 5.02 Å². The first kappa shape index (κ1) is 32.4. The first-order chi connectivity index (χ1) is 19.6. The predicted octanol–water partition coefficient (Wildman–Crippen LogP) is 6.03. The van der Waals surface area contributed by atoms with Crippen LogP contribution in [-0.2, 0) is 26.2 Å². The lowest BCUT2D eigenvalue weighted by atomic mass is 10.1. The van der Waals surface area contributed by atoms with E-state index in [0.717, 1.165) is 15.2 Å². The number of carbonyl (C=O) groups excluding carboxylic acids is 2. The molecule has 0 saturated heterocycles. The number of rotatable bonds is 14. The quantitative estimate of drug-likeness (QED) is 0.227. The second kappa shape index (κ2) is 15.2. The largest absolute Gasteiger partial charge is 0.494 e. The van der Waals surface area contributed by atoms with Crippen molar-refractivity contribution in [2.24, 2.45) is 0 Å². The van der Waals surface area contributed by atoms with Crippen LogP contribution in [0, 0.1) is 0 Å². The van der Waals surface area contributed by atoms with Crippen molar-refractivity contribution in [3.63, 3.8) is 0 Å². The van der Waals surface area contributed by atoms with Gasteiger partial charge < -0.3 is 15.0 Å². The summed E-state index contributed by atoms with van der Waals surface area (Å²) in [6, 6.07) is 18.9. The van der Waals surface area contributed by atoms with E-state index in [4.69, 9.17) is 16.3 Å². The Morgan fingerprint density at radius 1 is 0.976 bits per heavy atom. The van der Waals surface area contributed by atoms with Gasteiger partial charge in [-0.3, -0.25) is 13.9 Å². The average Bonchev–Trinajstić information content (AvgIpc) is 2.96. The molecule has 0 spiro atoms. The van der Waals surface area contributed by atoms with Crippen LogP contribution in [0.25, 0.3) is 0 Å². The highest BCUT2D eigenvalue weighted by Gasteiger charge is 2.34. The maximum atomic E-state index is 14.1. The van der Waals surface area contributed by atoms with Crippen molar-refractivity contribution in [3.05, 3.63) is 87.9 Å². The van der Waals surface area contributed by atoms with Crippen molar-refractivity contribution < 1.29 is 22.7 Å². The lowest BCUT2D eigenvalue weighted by molar-refractivity contribution is -0.140. The van der Waals surface area contributed by atoms with E-state index in [-0.39, 0.29) is 23.0 Å². The maximum Gasteiger partial charge on any atom is 0.264 e. The first-order valence-corrected chi connectivity index (χ1v) is 16.0. The van der Waals surface area contributed by atoms with Gasteiger partial charge >= 0.3 is 0 Å². The Hall–Kier alpha value is -3.08. The van der Waals surface area contributed by atoms with Crippen LogP contribution in [0.3, 0.4) is 0 Å². The zero-order chi connectivity index (χ0) is 30.0. The highest BCUT2D eigenvalue weighted by atomic mass is 79.9. The summed E-state index contributed by atoms with van der Waals surface area (Å²) in [5, 5.41) is 3.31. The van der Waals surface area contributed by atoms with E-state index in [1.54, 1.807) is 60.7 Å². The van der Waals surface area contributed by atoms with Gasteiger partial charge in [0.05, 0.1) is 17.2 Å². The smallest absolute Gasteiger partial charge is 0.264 e. The van der Waals surface area contributed by atoms with E-state index in [1.807, 2.05) is 20.8 Å². The van der Waals surface area contributed by atoms with E-state index < -0.39 is 28.5 Å². The van der Waals surface area contributed by atoms with Crippen LogP contribution < -0.4 is 14.4 Å². The summed E-state index contributed by atoms with van der Waals surface area (Å²) in [4.78, 5) is 28.7. The second-order valence-electron chi connectivity index (χ2n) is 9.22. The average molecular weight is 665 g/mol. The lowest BCUT2D eigenvalue weighted by Crippen LogP contribution is -2.52. The molecule has 11 heteroatoms. The molecule has 0 fully saturated rings. The van der Waals surface area contributed by atoms with Gasteiger partial charge in [0.15, 0.2) is 0 Å². The Kier molecular flexibility index (Phi) is 12.1. The van der Waals surface area contributed by atoms with E-state index in [0.29, 0.717) is 35.9 Å². The highest BCUT2D eigenvalue weighted by Crippen LogP contribution is 2.28. The van der Waals surface area contributed by atoms with Gasteiger partial charge in [0, 0.05) is 22.6 Å². The number of ether oxygens (including phenoxy) is 1. The van der Waals surface area contributed by atoms with Gasteiger partial charge in [-0.2, -0.15) is 0 Å². The molecule has 0 radical (unpaired) electrons. The Bertz CT molecular complexity index is 1420. The molecular formula is C30H35BrClN3O5S. The lowest BCUT2D eigenvalue weighted by Gasteiger charge is -2.33. The third-order valence-electron chi connectivity index (χ3n) is 6.35.